The lowest BCUT2D eigenvalue weighted by Crippen LogP contribution is -2.10. The van der Waals surface area contributed by atoms with Crippen molar-refractivity contribution in [3.8, 4) is 5.75 Å². The zero-order chi connectivity index (χ0) is 10.6. The molecule has 0 amide bonds. The standard InChI is InChI=1S/C11H14FNO.ClH/c1-3-4-10(13)9-7-8(12)5-6-11(9)14-2;/h3,5-7,10H,1,4,13H2,2H3;1H/t10-;/m0./s1. The number of hydrogen-bond donors (Lipinski definition) is 1. The first-order valence-corrected chi connectivity index (χ1v) is 4.39. The van der Waals surface area contributed by atoms with Gasteiger partial charge in [0.1, 0.15) is 11.6 Å². The molecule has 0 bridgehead atoms. The van der Waals surface area contributed by atoms with Crippen LogP contribution in [-0.4, -0.2) is 7.11 Å². The van der Waals surface area contributed by atoms with E-state index >= 15 is 0 Å². The fourth-order valence-corrected chi connectivity index (χ4v) is 1.30. The fraction of sp³-hybridized carbons (Fsp3) is 0.273. The summed E-state index contributed by atoms with van der Waals surface area (Å²) in [7, 11) is 1.54. The van der Waals surface area contributed by atoms with Crippen molar-refractivity contribution in [1.82, 2.24) is 0 Å². The molecule has 0 aliphatic rings. The number of hydrogen-bond acceptors (Lipinski definition) is 2. The van der Waals surface area contributed by atoms with E-state index < -0.39 is 0 Å². The molecule has 2 N–H and O–H groups in total. The Morgan fingerprint density at radius 3 is 2.80 bits per heavy atom. The van der Waals surface area contributed by atoms with Crippen molar-refractivity contribution in [3.05, 3.63) is 42.2 Å². The minimum absolute atomic E-state index is 0. The number of benzene rings is 1. The highest BCUT2D eigenvalue weighted by Crippen LogP contribution is 2.26. The third-order valence-corrected chi connectivity index (χ3v) is 2.01. The molecule has 0 heterocycles. The third-order valence-electron chi connectivity index (χ3n) is 2.01. The Kier molecular flexibility index (Phi) is 5.97. The van der Waals surface area contributed by atoms with E-state index in [-0.39, 0.29) is 24.3 Å². The zero-order valence-corrected chi connectivity index (χ0v) is 9.39. The van der Waals surface area contributed by atoms with Crippen LogP contribution >= 0.6 is 12.4 Å². The van der Waals surface area contributed by atoms with E-state index in [9.17, 15) is 4.39 Å². The van der Waals surface area contributed by atoms with Gasteiger partial charge in [0.05, 0.1) is 7.11 Å². The minimum Gasteiger partial charge on any atom is -0.496 e. The SMILES string of the molecule is C=CC[C@H](N)c1cc(F)ccc1OC.Cl. The second-order valence-corrected chi connectivity index (χ2v) is 3.02. The molecule has 15 heavy (non-hydrogen) atoms. The van der Waals surface area contributed by atoms with Crippen molar-refractivity contribution in [2.24, 2.45) is 5.73 Å². The summed E-state index contributed by atoms with van der Waals surface area (Å²) in [4.78, 5) is 0. The van der Waals surface area contributed by atoms with Crippen LogP contribution < -0.4 is 10.5 Å². The van der Waals surface area contributed by atoms with Crippen LogP contribution in [0.1, 0.15) is 18.0 Å². The van der Waals surface area contributed by atoms with Crippen LogP contribution in [0, 0.1) is 5.82 Å². The molecular weight excluding hydrogens is 217 g/mol. The van der Waals surface area contributed by atoms with Gasteiger partial charge in [0, 0.05) is 11.6 Å². The van der Waals surface area contributed by atoms with Gasteiger partial charge < -0.3 is 10.5 Å². The maximum absolute atomic E-state index is 12.9. The van der Waals surface area contributed by atoms with Crippen molar-refractivity contribution in [2.75, 3.05) is 7.11 Å². The van der Waals surface area contributed by atoms with Crippen LogP contribution in [-0.2, 0) is 0 Å². The Balaban J connectivity index is 0.00000196. The van der Waals surface area contributed by atoms with E-state index in [0.717, 1.165) is 0 Å². The molecule has 1 aromatic rings. The van der Waals surface area contributed by atoms with E-state index in [1.54, 1.807) is 12.1 Å². The maximum Gasteiger partial charge on any atom is 0.123 e. The van der Waals surface area contributed by atoms with Gasteiger partial charge in [-0.1, -0.05) is 6.08 Å². The van der Waals surface area contributed by atoms with Crippen molar-refractivity contribution in [3.63, 3.8) is 0 Å². The van der Waals surface area contributed by atoms with Crippen molar-refractivity contribution >= 4 is 12.4 Å². The Morgan fingerprint density at radius 1 is 1.60 bits per heavy atom. The van der Waals surface area contributed by atoms with Gasteiger partial charge in [-0.05, 0) is 24.6 Å². The summed E-state index contributed by atoms with van der Waals surface area (Å²) in [5.74, 6) is 0.307. The maximum atomic E-state index is 12.9. The van der Waals surface area contributed by atoms with Gasteiger partial charge in [0.15, 0.2) is 0 Å². The lowest BCUT2D eigenvalue weighted by molar-refractivity contribution is 0.404. The molecule has 0 unspecified atom stereocenters. The summed E-state index contributed by atoms with van der Waals surface area (Å²) >= 11 is 0. The van der Waals surface area contributed by atoms with Crippen LogP contribution in [0.2, 0.25) is 0 Å². The van der Waals surface area contributed by atoms with Gasteiger partial charge in [0.25, 0.3) is 0 Å². The lowest BCUT2D eigenvalue weighted by Gasteiger charge is -2.13. The second kappa shape index (κ2) is 6.43. The molecule has 1 aromatic carbocycles. The first-order chi connectivity index (χ1) is 6.69. The molecule has 0 fully saturated rings. The number of nitrogens with two attached hydrogens (primary N) is 1. The summed E-state index contributed by atoms with van der Waals surface area (Å²) in [5.41, 5.74) is 6.51. The normalized spacial score (nSPS) is 11.4. The average molecular weight is 232 g/mol. The number of ether oxygens (including phenoxy) is 1. The summed E-state index contributed by atoms with van der Waals surface area (Å²) < 4.78 is 18.0. The number of halogens is 2. The van der Waals surface area contributed by atoms with E-state index in [1.807, 2.05) is 0 Å². The van der Waals surface area contributed by atoms with Crippen molar-refractivity contribution in [2.45, 2.75) is 12.5 Å². The van der Waals surface area contributed by atoms with Gasteiger partial charge in [-0.3, -0.25) is 0 Å². The van der Waals surface area contributed by atoms with Crippen molar-refractivity contribution in [1.29, 1.82) is 0 Å². The van der Waals surface area contributed by atoms with Crippen molar-refractivity contribution < 1.29 is 9.13 Å². The van der Waals surface area contributed by atoms with Crippen LogP contribution in [0.25, 0.3) is 0 Å². The molecule has 1 atom stereocenters. The van der Waals surface area contributed by atoms with Crippen LogP contribution in [0.3, 0.4) is 0 Å². The minimum atomic E-state index is -0.305. The molecule has 0 radical (unpaired) electrons. The summed E-state index contributed by atoms with van der Waals surface area (Å²) in [5, 5.41) is 0. The Morgan fingerprint density at radius 2 is 2.27 bits per heavy atom. The van der Waals surface area contributed by atoms with E-state index in [2.05, 4.69) is 6.58 Å². The predicted molar refractivity (Wildman–Crippen MR) is 61.9 cm³/mol. The smallest absolute Gasteiger partial charge is 0.123 e. The highest BCUT2D eigenvalue weighted by molar-refractivity contribution is 5.85. The zero-order valence-electron chi connectivity index (χ0n) is 8.57. The number of rotatable bonds is 4. The fourth-order valence-electron chi connectivity index (χ4n) is 1.30. The van der Waals surface area contributed by atoms with Gasteiger partial charge in [-0.2, -0.15) is 0 Å². The molecule has 0 spiro atoms. The van der Waals surface area contributed by atoms with E-state index in [1.165, 1.54) is 19.2 Å². The molecule has 0 saturated carbocycles. The molecule has 2 nitrogen and oxygen atoms in total. The quantitative estimate of drug-likeness (QED) is 0.809. The second-order valence-electron chi connectivity index (χ2n) is 3.02. The largest absolute Gasteiger partial charge is 0.496 e. The third kappa shape index (κ3) is 3.53. The highest BCUT2D eigenvalue weighted by Gasteiger charge is 2.11. The molecule has 0 saturated heterocycles. The van der Waals surface area contributed by atoms with Gasteiger partial charge in [-0.25, -0.2) is 4.39 Å². The van der Waals surface area contributed by atoms with Crippen LogP contribution in [0.4, 0.5) is 4.39 Å². The Bertz CT molecular complexity index is 330. The van der Waals surface area contributed by atoms with E-state index in [0.29, 0.717) is 17.7 Å². The predicted octanol–water partition coefficient (Wildman–Crippen LogP) is 2.83. The lowest BCUT2D eigenvalue weighted by atomic mass is 10.0. The molecule has 0 aliphatic heterocycles. The Hall–Kier alpha value is -1.06. The first-order valence-electron chi connectivity index (χ1n) is 4.39. The monoisotopic (exact) mass is 231 g/mol. The average Bonchev–Trinajstić information content (AvgIpc) is 2.18. The summed E-state index contributed by atoms with van der Waals surface area (Å²) in [6.07, 6.45) is 2.30. The van der Waals surface area contributed by atoms with Gasteiger partial charge in [0.2, 0.25) is 0 Å². The molecule has 4 heteroatoms. The van der Waals surface area contributed by atoms with E-state index in [4.69, 9.17) is 10.5 Å². The molecule has 84 valence electrons. The molecular formula is C11H15ClFNO. The summed E-state index contributed by atoms with van der Waals surface area (Å²) in [6.45, 7) is 3.59. The molecule has 0 aliphatic carbocycles. The Labute approximate surface area is 95.3 Å². The van der Waals surface area contributed by atoms with Crippen LogP contribution in [0.15, 0.2) is 30.9 Å². The topological polar surface area (TPSA) is 35.2 Å². The number of methoxy groups -OCH3 is 1. The van der Waals surface area contributed by atoms with Gasteiger partial charge >= 0.3 is 0 Å². The molecule has 0 aromatic heterocycles. The first kappa shape index (κ1) is 13.9. The summed E-state index contributed by atoms with van der Waals surface area (Å²) in [6, 6.07) is 4.06. The highest BCUT2D eigenvalue weighted by atomic mass is 35.5. The molecule has 1 rings (SSSR count). The van der Waals surface area contributed by atoms with Crippen LogP contribution in [0.5, 0.6) is 5.75 Å². The van der Waals surface area contributed by atoms with Gasteiger partial charge in [-0.15, -0.1) is 19.0 Å².